The third-order valence-electron chi connectivity index (χ3n) is 3.21. The lowest BCUT2D eigenvalue weighted by Gasteiger charge is -2.14. The maximum atomic E-state index is 4.61. The summed E-state index contributed by atoms with van der Waals surface area (Å²) in [7, 11) is 0. The first-order valence-corrected chi connectivity index (χ1v) is 8.39. The number of pyridine rings is 1. The number of hydrogen-bond donors (Lipinski definition) is 2. The van der Waals surface area contributed by atoms with Gasteiger partial charge in [0, 0.05) is 24.0 Å². The van der Waals surface area contributed by atoms with Crippen molar-refractivity contribution in [3.05, 3.63) is 29.6 Å². The summed E-state index contributed by atoms with van der Waals surface area (Å²) < 4.78 is 0. The van der Waals surface area contributed by atoms with Crippen LogP contribution < -0.4 is 10.6 Å². The smallest absolute Gasteiger partial charge is 0.191 e. The number of nitrogens with zero attached hydrogens (tertiary/aromatic N) is 2. The molecular weight excluding hydrogens is 395 g/mol. The maximum Gasteiger partial charge on any atom is 0.191 e. The molecule has 1 fully saturated rings. The molecule has 2 rings (SSSR count). The summed E-state index contributed by atoms with van der Waals surface area (Å²) in [5, 5.41) is 7.46. The predicted octanol–water partition coefficient (Wildman–Crippen LogP) is 2.96. The van der Waals surface area contributed by atoms with Crippen LogP contribution in [0.2, 0.25) is 0 Å². The van der Waals surface area contributed by atoms with Gasteiger partial charge >= 0.3 is 0 Å². The molecule has 0 amide bonds. The molecule has 1 atom stereocenters. The number of guanidine groups is 1. The van der Waals surface area contributed by atoms with Gasteiger partial charge in [-0.05, 0) is 44.6 Å². The molecule has 0 spiro atoms. The van der Waals surface area contributed by atoms with E-state index >= 15 is 0 Å². The average Bonchev–Trinajstić information content (AvgIpc) is 2.95. The SMILES string of the molecule is CCNC(=NCc1cccc(C)n1)NCC1CCCS1.I. The van der Waals surface area contributed by atoms with Gasteiger partial charge in [0.15, 0.2) is 5.96 Å². The number of hydrogen-bond acceptors (Lipinski definition) is 3. The molecule has 1 aliphatic heterocycles. The molecule has 0 bridgehead atoms. The molecule has 0 radical (unpaired) electrons. The highest BCUT2D eigenvalue weighted by molar-refractivity contribution is 14.0. The largest absolute Gasteiger partial charge is 0.357 e. The van der Waals surface area contributed by atoms with Crippen molar-refractivity contribution in [2.24, 2.45) is 4.99 Å². The number of aliphatic imine (C=N–C) groups is 1. The predicted molar refractivity (Wildman–Crippen MR) is 103 cm³/mol. The van der Waals surface area contributed by atoms with Crippen LogP contribution in [-0.2, 0) is 6.54 Å². The van der Waals surface area contributed by atoms with Crippen LogP contribution >= 0.6 is 35.7 Å². The zero-order valence-electron chi connectivity index (χ0n) is 12.8. The summed E-state index contributed by atoms with van der Waals surface area (Å²) in [4.78, 5) is 9.08. The van der Waals surface area contributed by atoms with Crippen molar-refractivity contribution in [1.29, 1.82) is 0 Å². The number of aromatic nitrogens is 1. The minimum absolute atomic E-state index is 0. The second-order valence-corrected chi connectivity index (χ2v) is 6.39. The molecule has 6 heteroatoms. The van der Waals surface area contributed by atoms with E-state index in [2.05, 4.69) is 39.3 Å². The van der Waals surface area contributed by atoms with Gasteiger partial charge in [-0.25, -0.2) is 4.99 Å². The van der Waals surface area contributed by atoms with Gasteiger partial charge in [-0.2, -0.15) is 11.8 Å². The van der Waals surface area contributed by atoms with E-state index in [4.69, 9.17) is 0 Å². The normalized spacial score (nSPS) is 18.2. The van der Waals surface area contributed by atoms with E-state index in [9.17, 15) is 0 Å². The topological polar surface area (TPSA) is 49.3 Å². The van der Waals surface area contributed by atoms with Gasteiger partial charge in [0.1, 0.15) is 0 Å². The fraction of sp³-hybridized carbons (Fsp3) is 0.600. The first-order valence-electron chi connectivity index (χ1n) is 7.34. The number of rotatable bonds is 5. The standard InChI is InChI=1S/C15H24N4S.HI/c1-3-16-15(18-11-14-8-5-9-20-14)17-10-13-7-4-6-12(2)19-13;/h4,6-7,14H,3,5,8-11H2,1-2H3,(H2,16,17,18);1H. The minimum Gasteiger partial charge on any atom is -0.357 e. The second kappa shape index (κ2) is 10.3. The van der Waals surface area contributed by atoms with Crippen molar-refractivity contribution in [2.45, 2.75) is 38.5 Å². The van der Waals surface area contributed by atoms with Crippen molar-refractivity contribution in [3.63, 3.8) is 0 Å². The first kappa shape index (κ1) is 18.5. The summed E-state index contributed by atoms with van der Waals surface area (Å²) in [6.45, 7) is 6.60. The summed E-state index contributed by atoms with van der Waals surface area (Å²) >= 11 is 2.06. The highest BCUT2D eigenvalue weighted by Gasteiger charge is 2.15. The van der Waals surface area contributed by atoms with Crippen LogP contribution in [-0.4, -0.2) is 35.0 Å². The summed E-state index contributed by atoms with van der Waals surface area (Å²) in [5.74, 6) is 2.19. The molecule has 0 aromatic carbocycles. The monoisotopic (exact) mass is 420 g/mol. The Morgan fingerprint density at radius 1 is 1.43 bits per heavy atom. The lowest BCUT2D eigenvalue weighted by molar-refractivity contribution is 0.726. The Kier molecular flexibility index (Phi) is 9.07. The van der Waals surface area contributed by atoms with Gasteiger partial charge in [-0.3, -0.25) is 4.98 Å². The zero-order valence-corrected chi connectivity index (χ0v) is 15.9. The Morgan fingerprint density at radius 3 is 2.95 bits per heavy atom. The van der Waals surface area contributed by atoms with Crippen molar-refractivity contribution >= 4 is 41.7 Å². The molecule has 4 nitrogen and oxygen atoms in total. The number of halogens is 1. The van der Waals surface area contributed by atoms with E-state index < -0.39 is 0 Å². The van der Waals surface area contributed by atoms with Crippen LogP contribution in [0.3, 0.4) is 0 Å². The van der Waals surface area contributed by atoms with E-state index in [-0.39, 0.29) is 24.0 Å². The molecule has 21 heavy (non-hydrogen) atoms. The molecule has 118 valence electrons. The van der Waals surface area contributed by atoms with Crippen molar-refractivity contribution in [2.75, 3.05) is 18.8 Å². The Labute approximate surface area is 149 Å². The molecule has 0 aliphatic carbocycles. The zero-order chi connectivity index (χ0) is 14.2. The van der Waals surface area contributed by atoms with E-state index in [1.807, 2.05) is 25.1 Å². The second-order valence-electron chi connectivity index (χ2n) is 4.98. The van der Waals surface area contributed by atoms with Crippen molar-refractivity contribution in [1.82, 2.24) is 15.6 Å². The van der Waals surface area contributed by atoms with Crippen LogP contribution in [0.15, 0.2) is 23.2 Å². The molecule has 1 saturated heterocycles. The van der Waals surface area contributed by atoms with Gasteiger partial charge in [0.05, 0.1) is 12.2 Å². The Hall–Kier alpha value is -0.500. The first-order chi connectivity index (χ1) is 9.78. The van der Waals surface area contributed by atoms with Crippen molar-refractivity contribution in [3.8, 4) is 0 Å². The maximum absolute atomic E-state index is 4.61. The number of nitrogens with one attached hydrogen (secondary N) is 2. The lowest BCUT2D eigenvalue weighted by Crippen LogP contribution is -2.40. The third kappa shape index (κ3) is 6.86. The Balaban J connectivity index is 0.00000220. The number of aryl methyl sites for hydroxylation is 1. The fourth-order valence-electron chi connectivity index (χ4n) is 2.21. The molecule has 2 heterocycles. The Bertz CT molecular complexity index is 447. The lowest BCUT2D eigenvalue weighted by atomic mass is 10.2. The molecule has 1 aromatic heterocycles. The van der Waals surface area contributed by atoms with Gasteiger partial charge in [-0.1, -0.05) is 6.07 Å². The van der Waals surface area contributed by atoms with Crippen LogP contribution in [0.1, 0.15) is 31.2 Å². The molecule has 2 N–H and O–H groups in total. The highest BCUT2D eigenvalue weighted by Crippen LogP contribution is 2.25. The highest BCUT2D eigenvalue weighted by atomic mass is 127. The van der Waals surface area contributed by atoms with Crippen LogP contribution in [0, 0.1) is 6.92 Å². The number of thioether (sulfide) groups is 1. The third-order valence-corrected chi connectivity index (χ3v) is 4.61. The van der Waals surface area contributed by atoms with E-state index in [1.54, 1.807) is 0 Å². The fourth-order valence-corrected chi connectivity index (χ4v) is 3.41. The minimum atomic E-state index is 0. The Morgan fingerprint density at radius 2 is 2.29 bits per heavy atom. The van der Waals surface area contributed by atoms with Crippen LogP contribution in [0.4, 0.5) is 0 Å². The van der Waals surface area contributed by atoms with Crippen molar-refractivity contribution < 1.29 is 0 Å². The average molecular weight is 420 g/mol. The van der Waals surface area contributed by atoms with Gasteiger partial charge in [-0.15, -0.1) is 24.0 Å². The van der Waals surface area contributed by atoms with Crippen LogP contribution in [0.25, 0.3) is 0 Å². The van der Waals surface area contributed by atoms with Gasteiger partial charge in [0.25, 0.3) is 0 Å². The molecule has 1 aromatic rings. The molecular formula is C15H25IN4S. The summed E-state index contributed by atoms with van der Waals surface area (Å²) in [6.07, 6.45) is 2.66. The van der Waals surface area contributed by atoms with E-state index in [1.165, 1.54) is 18.6 Å². The van der Waals surface area contributed by atoms with E-state index in [0.717, 1.165) is 35.7 Å². The molecule has 0 saturated carbocycles. The summed E-state index contributed by atoms with van der Waals surface area (Å²) in [6, 6.07) is 6.06. The van der Waals surface area contributed by atoms with Gasteiger partial charge < -0.3 is 10.6 Å². The molecule has 1 unspecified atom stereocenters. The van der Waals surface area contributed by atoms with Gasteiger partial charge in [0.2, 0.25) is 0 Å². The van der Waals surface area contributed by atoms with Crippen LogP contribution in [0.5, 0.6) is 0 Å². The summed E-state index contributed by atoms with van der Waals surface area (Å²) in [5.41, 5.74) is 2.05. The molecule has 1 aliphatic rings. The quantitative estimate of drug-likeness (QED) is 0.437. The van der Waals surface area contributed by atoms with E-state index in [0.29, 0.717) is 6.54 Å².